The number of rotatable bonds is 14. The molecule has 4 aromatic heterocycles. The molecule has 0 N–H and O–H groups in total. The Labute approximate surface area is 688 Å². The van der Waals surface area contributed by atoms with E-state index in [2.05, 4.69) is 150 Å². The van der Waals surface area contributed by atoms with Crippen molar-refractivity contribution in [1.82, 2.24) is 39.0 Å². The Morgan fingerprint density at radius 1 is 0.208 bits per heavy atom. The van der Waals surface area contributed by atoms with Gasteiger partial charge in [0.25, 0.3) is 0 Å². The standard InChI is InChI=1S/C104H54N16/c1-109-83-45-65(61-107)43-80(48-83)72-31-37-94-90(53-72)89-52-71(79-41-63(59-105)40-64(42-79)60-106)30-36-93(89)119(94)97-56-77(103-115-99(67-18-9-5-10-19-67)113-100(116-103)68-20-11-6-12-21-68)28-34-87(97)75-26-17-27-76(47-75)88-35-29-78(104-117-101(69-22-13-7-14-23-69)114-102(118-104)70-24-15-8-16-25-70)57-98(88)120-95-38-32-73(81-44-66(62-108)46-84(49-81)110-2)54-91(95)92-55-74(33-39-96(92)120)82-50-85(111-3)58-86(51-82)112-4/h5-58H. The smallest absolute Gasteiger partial charge is 0.189 e. The molecule has 0 radical (unpaired) electrons. The van der Waals surface area contributed by atoms with E-state index in [9.17, 15) is 21.0 Å². The second-order valence-electron chi connectivity index (χ2n) is 28.7. The van der Waals surface area contributed by atoms with Gasteiger partial charge < -0.3 is 9.13 Å². The van der Waals surface area contributed by atoms with Gasteiger partial charge in [0.1, 0.15) is 0 Å². The molecule has 0 aliphatic rings. The molecule has 19 aromatic rings. The van der Waals surface area contributed by atoms with Gasteiger partial charge in [-0.25, -0.2) is 49.3 Å². The first-order chi connectivity index (χ1) is 59.0. The highest BCUT2D eigenvalue weighted by molar-refractivity contribution is 6.14. The third-order valence-electron chi connectivity index (χ3n) is 21.4. The summed E-state index contributed by atoms with van der Waals surface area (Å²) in [6.07, 6.45) is 0. The van der Waals surface area contributed by atoms with E-state index in [-0.39, 0.29) is 0 Å². The molecule has 0 fully saturated rings. The van der Waals surface area contributed by atoms with Gasteiger partial charge in [-0.3, -0.25) is 0 Å². The monoisotopic (exact) mass is 1530 g/mol. The molecule has 0 bridgehead atoms. The second kappa shape index (κ2) is 30.4. The molecule has 0 atom stereocenters. The Morgan fingerprint density at radius 3 is 0.767 bits per heavy atom. The summed E-state index contributed by atoms with van der Waals surface area (Å²) in [5, 5.41) is 44.5. The van der Waals surface area contributed by atoms with Crippen molar-refractivity contribution < 1.29 is 0 Å². The predicted molar refractivity (Wildman–Crippen MR) is 471 cm³/mol. The summed E-state index contributed by atoms with van der Waals surface area (Å²) in [5.74, 6) is 2.76. The molecule has 0 aliphatic heterocycles. The molecule has 4 heterocycles. The minimum absolute atomic E-state index is 0.321. The maximum absolute atomic E-state index is 10.3. The number of aromatic nitrogens is 8. The molecule has 0 aliphatic carbocycles. The minimum atomic E-state index is 0.321. The summed E-state index contributed by atoms with van der Waals surface area (Å²) < 4.78 is 4.49. The molecule has 0 spiro atoms. The first-order valence-corrected chi connectivity index (χ1v) is 38.0. The van der Waals surface area contributed by atoms with E-state index in [0.29, 0.717) is 113 Å². The van der Waals surface area contributed by atoms with Crippen LogP contribution in [-0.2, 0) is 0 Å². The molecule has 15 aromatic carbocycles. The van der Waals surface area contributed by atoms with E-state index < -0.39 is 0 Å². The van der Waals surface area contributed by atoms with Crippen molar-refractivity contribution in [3.8, 4) is 171 Å². The topological polar surface area (TPSA) is 200 Å². The van der Waals surface area contributed by atoms with Gasteiger partial charge in [-0.15, -0.1) is 0 Å². The van der Waals surface area contributed by atoms with Crippen LogP contribution in [0.2, 0.25) is 0 Å². The van der Waals surface area contributed by atoms with Crippen LogP contribution in [0.3, 0.4) is 0 Å². The third kappa shape index (κ3) is 13.4. The van der Waals surface area contributed by atoms with Crippen molar-refractivity contribution in [2.24, 2.45) is 0 Å². The Balaban J connectivity index is 0.882. The van der Waals surface area contributed by atoms with Crippen LogP contribution in [0, 0.1) is 71.6 Å². The lowest BCUT2D eigenvalue weighted by molar-refractivity contribution is 1.07. The highest BCUT2D eigenvalue weighted by atomic mass is 15.1. The first-order valence-electron chi connectivity index (χ1n) is 38.0. The Morgan fingerprint density at radius 2 is 0.467 bits per heavy atom. The average molecular weight is 1530 g/mol. The van der Waals surface area contributed by atoms with Crippen LogP contribution in [0.1, 0.15) is 22.3 Å². The quantitative estimate of drug-likeness (QED) is 0.0943. The van der Waals surface area contributed by atoms with Gasteiger partial charge in [-0.2, -0.15) is 21.0 Å². The van der Waals surface area contributed by atoms with E-state index in [1.807, 2.05) is 158 Å². The molecule has 0 amide bonds. The van der Waals surface area contributed by atoms with Crippen LogP contribution in [0.25, 0.3) is 209 Å². The minimum Gasteiger partial charge on any atom is -0.309 e. The Hall–Kier alpha value is -18.2. The number of nitrogens with zero attached hydrogens (tertiary/aromatic N) is 16. The fraction of sp³-hybridized carbons (Fsp3) is 0. The van der Waals surface area contributed by atoms with Crippen molar-refractivity contribution in [3.05, 3.63) is 396 Å². The summed E-state index contributed by atoms with van der Waals surface area (Å²) in [5.41, 5.74) is 21.0. The van der Waals surface area contributed by atoms with Crippen molar-refractivity contribution in [2.45, 2.75) is 0 Å². The fourth-order valence-electron chi connectivity index (χ4n) is 15.8. The summed E-state index contributed by atoms with van der Waals surface area (Å²) >= 11 is 0. The molecule has 16 heteroatoms. The lowest BCUT2D eigenvalue weighted by Gasteiger charge is -2.19. The van der Waals surface area contributed by atoms with Crippen molar-refractivity contribution in [3.63, 3.8) is 0 Å². The Kier molecular flexibility index (Phi) is 18.3. The normalized spacial score (nSPS) is 10.9. The molecule has 0 saturated carbocycles. The second-order valence-corrected chi connectivity index (χ2v) is 28.7. The van der Waals surface area contributed by atoms with Crippen LogP contribution >= 0.6 is 0 Å². The molecule has 0 unspecified atom stereocenters. The maximum Gasteiger partial charge on any atom is 0.189 e. The molecular weight excluding hydrogens is 1470 g/mol. The summed E-state index contributed by atoms with van der Waals surface area (Å²) in [6, 6.07) is 115. The summed E-state index contributed by atoms with van der Waals surface area (Å²) in [6.45, 7) is 32.2. The molecular formula is C104H54N16. The number of fused-ring (bicyclic) bond motifs is 6. The van der Waals surface area contributed by atoms with Gasteiger partial charge in [0.2, 0.25) is 0 Å². The van der Waals surface area contributed by atoms with Gasteiger partial charge in [-0.05, 0) is 177 Å². The van der Waals surface area contributed by atoms with Crippen molar-refractivity contribution in [2.75, 3.05) is 0 Å². The van der Waals surface area contributed by atoms with Gasteiger partial charge in [-0.1, -0.05) is 206 Å². The third-order valence-corrected chi connectivity index (χ3v) is 21.4. The maximum atomic E-state index is 10.3. The van der Waals surface area contributed by atoms with E-state index in [4.69, 9.17) is 56.2 Å². The number of nitriles is 4. The lowest BCUT2D eigenvalue weighted by Crippen LogP contribution is -2.03. The SMILES string of the molecule is [C-]#[N+]c1cc(C#N)cc(-c2ccc3c(c2)c2cc(-c4cc(C#N)cc(C#N)c4)ccc2n3-c2cc(-c3nc(-c4ccccc4)nc(-c4ccccc4)n3)ccc2-c2cccc(-c3ccc(-c4nc(-c5ccccc5)nc(-c5ccccc5)n4)cc3-n3c4ccc(-c5cc(C#N)cc([N+]#[C-])c5)cc4c4cc(-c5cc([N+]#[C-])cc([N+]#[C-])c5)ccc43)c2)c1. The van der Waals surface area contributed by atoms with E-state index in [0.717, 1.165) is 122 Å². The highest BCUT2D eigenvalue weighted by Gasteiger charge is 2.26. The van der Waals surface area contributed by atoms with E-state index in [1.165, 1.54) is 0 Å². The van der Waals surface area contributed by atoms with Crippen molar-refractivity contribution >= 4 is 66.4 Å². The Bertz CT molecular complexity index is 6910. The zero-order valence-electron chi connectivity index (χ0n) is 63.3. The molecule has 120 heavy (non-hydrogen) atoms. The molecule has 19 rings (SSSR count). The van der Waals surface area contributed by atoms with Gasteiger partial charge in [0.05, 0.1) is 95.1 Å². The van der Waals surface area contributed by atoms with E-state index in [1.54, 1.807) is 72.8 Å². The summed E-state index contributed by atoms with van der Waals surface area (Å²) in [7, 11) is 0. The fourth-order valence-corrected chi connectivity index (χ4v) is 15.8. The zero-order chi connectivity index (χ0) is 81.5. The first kappa shape index (κ1) is 72.1. The molecule has 550 valence electrons. The number of hydrogen-bond donors (Lipinski definition) is 0. The molecule has 0 saturated heterocycles. The van der Waals surface area contributed by atoms with E-state index >= 15 is 0 Å². The predicted octanol–water partition coefficient (Wildman–Crippen LogP) is 25.9. The average Bonchev–Trinajstić information content (AvgIpc) is 1.55. The summed E-state index contributed by atoms with van der Waals surface area (Å²) in [4.78, 5) is 46.4. The van der Waals surface area contributed by atoms with Crippen molar-refractivity contribution in [1.29, 1.82) is 21.0 Å². The van der Waals surface area contributed by atoms with Gasteiger partial charge >= 0.3 is 0 Å². The van der Waals surface area contributed by atoms with Crippen LogP contribution in [0.4, 0.5) is 22.7 Å². The van der Waals surface area contributed by atoms with Crippen LogP contribution < -0.4 is 0 Å². The largest absolute Gasteiger partial charge is 0.309 e. The van der Waals surface area contributed by atoms with Gasteiger partial charge in [0, 0.05) is 77.2 Å². The van der Waals surface area contributed by atoms with Gasteiger partial charge in [0.15, 0.2) is 57.7 Å². The van der Waals surface area contributed by atoms with Crippen LogP contribution in [0.5, 0.6) is 0 Å². The zero-order valence-corrected chi connectivity index (χ0v) is 63.3. The number of hydrogen-bond acceptors (Lipinski definition) is 10. The number of benzene rings is 15. The van der Waals surface area contributed by atoms with Crippen LogP contribution in [0.15, 0.2) is 328 Å². The lowest BCUT2D eigenvalue weighted by atomic mass is 9.95. The van der Waals surface area contributed by atoms with Crippen LogP contribution in [-0.4, -0.2) is 39.0 Å². The molecule has 16 nitrogen and oxygen atoms in total. The highest BCUT2D eigenvalue weighted by Crippen LogP contribution is 2.47.